The van der Waals surface area contributed by atoms with Gasteiger partial charge in [0.1, 0.15) is 5.82 Å². The highest BCUT2D eigenvalue weighted by Gasteiger charge is 2.41. The fourth-order valence-electron chi connectivity index (χ4n) is 1.64. The summed E-state index contributed by atoms with van der Waals surface area (Å²) in [5, 5.41) is 11.8. The highest BCUT2D eigenvalue weighted by atomic mass is 32.2. The van der Waals surface area contributed by atoms with E-state index in [1.807, 2.05) is 0 Å². The van der Waals surface area contributed by atoms with Crippen LogP contribution >= 0.6 is 11.8 Å². The predicted molar refractivity (Wildman–Crippen MR) is 67.3 cm³/mol. The van der Waals surface area contributed by atoms with Crippen LogP contribution in [0.1, 0.15) is 23.2 Å². The van der Waals surface area contributed by atoms with Gasteiger partial charge in [-0.05, 0) is 37.3 Å². The number of anilines is 1. The lowest BCUT2D eigenvalue weighted by Gasteiger charge is -2.14. The van der Waals surface area contributed by atoms with Gasteiger partial charge in [0.15, 0.2) is 0 Å². The van der Waals surface area contributed by atoms with Gasteiger partial charge in [-0.2, -0.15) is 11.8 Å². The number of carbonyl (C=O) groups is 1. The van der Waals surface area contributed by atoms with Crippen molar-refractivity contribution >= 4 is 23.4 Å². The largest absolute Gasteiger partial charge is 0.478 e. The topological polar surface area (TPSA) is 49.3 Å². The van der Waals surface area contributed by atoms with Crippen molar-refractivity contribution in [3.63, 3.8) is 0 Å². The molecule has 0 atom stereocenters. The molecule has 0 saturated heterocycles. The molecular weight excluding hydrogens is 241 g/mol. The first-order valence-electron chi connectivity index (χ1n) is 5.38. The molecule has 1 saturated carbocycles. The van der Waals surface area contributed by atoms with Gasteiger partial charge in [-0.3, -0.25) is 0 Å². The van der Waals surface area contributed by atoms with Crippen molar-refractivity contribution in [1.29, 1.82) is 0 Å². The zero-order valence-corrected chi connectivity index (χ0v) is 10.3. The van der Waals surface area contributed by atoms with Crippen LogP contribution in [-0.4, -0.2) is 28.6 Å². The summed E-state index contributed by atoms with van der Waals surface area (Å²) >= 11 is 1.79. The average molecular weight is 255 g/mol. The Balaban J connectivity index is 2.04. The molecule has 17 heavy (non-hydrogen) atoms. The summed E-state index contributed by atoms with van der Waals surface area (Å²) in [5.41, 5.74) is 0.342. The van der Waals surface area contributed by atoms with Crippen molar-refractivity contribution in [3.05, 3.63) is 29.6 Å². The van der Waals surface area contributed by atoms with E-state index in [0.717, 1.165) is 25.5 Å². The lowest BCUT2D eigenvalue weighted by atomic mass is 10.2. The molecule has 3 nitrogen and oxygen atoms in total. The molecule has 0 aliphatic heterocycles. The molecule has 0 bridgehead atoms. The minimum Gasteiger partial charge on any atom is -0.478 e. The molecule has 5 heteroatoms. The summed E-state index contributed by atoms with van der Waals surface area (Å²) in [7, 11) is 0. The SMILES string of the molecule is CSC1(CNc2ccc(C(=O)O)cc2F)CC1. The molecular formula is C12H14FNO2S. The van der Waals surface area contributed by atoms with Gasteiger partial charge in [-0.15, -0.1) is 0 Å². The first-order chi connectivity index (χ1) is 8.06. The summed E-state index contributed by atoms with van der Waals surface area (Å²) < 4.78 is 13.8. The molecule has 2 rings (SSSR count). The maximum Gasteiger partial charge on any atom is 0.335 e. The fraction of sp³-hybridized carbons (Fsp3) is 0.417. The number of hydrogen-bond acceptors (Lipinski definition) is 3. The Bertz CT molecular complexity index is 446. The first-order valence-corrected chi connectivity index (χ1v) is 6.61. The molecule has 0 aromatic heterocycles. The lowest BCUT2D eigenvalue weighted by molar-refractivity contribution is 0.0696. The Kier molecular flexibility index (Phi) is 3.28. The number of carboxylic acids is 1. The number of benzene rings is 1. The summed E-state index contributed by atoms with van der Waals surface area (Å²) in [5.74, 6) is -1.62. The van der Waals surface area contributed by atoms with Crippen molar-refractivity contribution < 1.29 is 14.3 Å². The van der Waals surface area contributed by atoms with Gasteiger partial charge in [-0.1, -0.05) is 0 Å². The van der Waals surface area contributed by atoms with E-state index in [2.05, 4.69) is 11.6 Å². The molecule has 1 aliphatic rings. The van der Waals surface area contributed by atoms with Crippen LogP contribution in [0.3, 0.4) is 0 Å². The molecule has 1 fully saturated rings. The minimum absolute atomic E-state index is 0.0287. The Morgan fingerprint density at radius 3 is 2.76 bits per heavy atom. The molecule has 0 amide bonds. The van der Waals surface area contributed by atoms with Crippen LogP contribution in [-0.2, 0) is 0 Å². The van der Waals surface area contributed by atoms with E-state index < -0.39 is 11.8 Å². The van der Waals surface area contributed by atoms with E-state index in [1.165, 1.54) is 12.1 Å². The quantitative estimate of drug-likeness (QED) is 0.849. The zero-order valence-electron chi connectivity index (χ0n) is 9.50. The predicted octanol–water partition coefficient (Wildman–Crippen LogP) is 2.83. The second-order valence-corrected chi connectivity index (χ2v) is 5.51. The van der Waals surface area contributed by atoms with E-state index in [0.29, 0.717) is 5.69 Å². The van der Waals surface area contributed by atoms with Gasteiger partial charge in [0, 0.05) is 11.3 Å². The number of halogens is 1. The van der Waals surface area contributed by atoms with Crippen molar-refractivity contribution in [1.82, 2.24) is 0 Å². The van der Waals surface area contributed by atoms with Crippen LogP contribution in [0.25, 0.3) is 0 Å². The second kappa shape index (κ2) is 4.56. The number of carboxylic acid groups (broad SMARTS) is 1. The van der Waals surface area contributed by atoms with Gasteiger partial charge < -0.3 is 10.4 Å². The third-order valence-electron chi connectivity index (χ3n) is 3.06. The summed E-state index contributed by atoms with van der Waals surface area (Å²) in [6.45, 7) is 0.720. The highest BCUT2D eigenvalue weighted by molar-refractivity contribution is 8.00. The summed E-state index contributed by atoms with van der Waals surface area (Å²) in [6.07, 6.45) is 4.35. The van der Waals surface area contributed by atoms with Crippen molar-refractivity contribution in [2.45, 2.75) is 17.6 Å². The third kappa shape index (κ3) is 2.72. The Hall–Kier alpha value is -1.23. The highest BCUT2D eigenvalue weighted by Crippen LogP contribution is 2.47. The standard InChI is InChI=1S/C12H14FNO2S/c1-17-12(4-5-12)7-14-10-3-2-8(11(15)16)6-9(10)13/h2-3,6,14H,4-5,7H2,1H3,(H,15,16). The zero-order chi connectivity index (χ0) is 12.5. The van der Waals surface area contributed by atoms with Crippen LogP contribution < -0.4 is 5.32 Å². The monoisotopic (exact) mass is 255 g/mol. The van der Waals surface area contributed by atoms with Crippen LogP contribution in [0.15, 0.2) is 18.2 Å². The van der Waals surface area contributed by atoms with Crippen molar-refractivity contribution in [2.24, 2.45) is 0 Å². The molecule has 0 radical (unpaired) electrons. The number of thioether (sulfide) groups is 1. The molecule has 1 aromatic carbocycles. The smallest absolute Gasteiger partial charge is 0.335 e. The van der Waals surface area contributed by atoms with Crippen LogP contribution in [0.2, 0.25) is 0 Å². The Morgan fingerprint density at radius 2 is 2.29 bits per heavy atom. The van der Waals surface area contributed by atoms with Crippen molar-refractivity contribution in [3.8, 4) is 0 Å². The molecule has 1 aromatic rings. The summed E-state index contributed by atoms with van der Waals surface area (Å²) in [6, 6.07) is 3.94. The van der Waals surface area contributed by atoms with E-state index in [1.54, 1.807) is 11.8 Å². The van der Waals surface area contributed by atoms with E-state index in [-0.39, 0.29) is 10.3 Å². The lowest BCUT2D eigenvalue weighted by Crippen LogP contribution is -2.18. The van der Waals surface area contributed by atoms with Crippen molar-refractivity contribution in [2.75, 3.05) is 18.1 Å². The average Bonchev–Trinajstić information content (AvgIpc) is 3.08. The van der Waals surface area contributed by atoms with E-state index in [4.69, 9.17) is 5.11 Å². The van der Waals surface area contributed by atoms with Crippen LogP contribution in [0.4, 0.5) is 10.1 Å². The summed E-state index contributed by atoms with van der Waals surface area (Å²) in [4.78, 5) is 10.6. The molecule has 0 unspecified atom stereocenters. The van der Waals surface area contributed by atoms with E-state index >= 15 is 0 Å². The van der Waals surface area contributed by atoms with Gasteiger partial charge in [0.2, 0.25) is 0 Å². The number of nitrogens with one attached hydrogen (secondary N) is 1. The molecule has 92 valence electrons. The van der Waals surface area contributed by atoms with Gasteiger partial charge >= 0.3 is 5.97 Å². The fourth-order valence-corrected chi connectivity index (χ4v) is 2.37. The second-order valence-electron chi connectivity index (χ2n) is 4.24. The minimum atomic E-state index is -1.11. The first kappa shape index (κ1) is 12.2. The Labute approximate surface area is 103 Å². The molecule has 1 aliphatic carbocycles. The van der Waals surface area contributed by atoms with Gasteiger partial charge in [-0.25, -0.2) is 9.18 Å². The number of aromatic carboxylic acids is 1. The molecule has 0 heterocycles. The van der Waals surface area contributed by atoms with Gasteiger partial charge in [0.05, 0.1) is 11.3 Å². The maximum atomic E-state index is 13.6. The van der Waals surface area contributed by atoms with Gasteiger partial charge in [0.25, 0.3) is 0 Å². The number of rotatable bonds is 5. The maximum absolute atomic E-state index is 13.6. The normalized spacial score (nSPS) is 16.6. The molecule has 2 N–H and O–H groups in total. The Morgan fingerprint density at radius 1 is 1.59 bits per heavy atom. The van der Waals surface area contributed by atoms with E-state index in [9.17, 15) is 9.18 Å². The van der Waals surface area contributed by atoms with Crippen LogP contribution in [0, 0.1) is 5.82 Å². The number of hydrogen-bond donors (Lipinski definition) is 2. The van der Waals surface area contributed by atoms with Crippen LogP contribution in [0.5, 0.6) is 0 Å². The molecule has 0 spiro atoms. The third-order valence-corrected chi connectivity index (χ3v) is 4.48.